The first-order valence-electron chi connectivity index (χ1n) is 4.09. The Bertz CT molecular complexity index is 204. The van der Waals surface area contributed by atoms with Gasteiger partial charge in [0.1, 0.15) is 0 Å². The maximum atomic E-state index is 5.16. The summed E-state index contributed by atoms with van der Waals surface area (Å²) in [6.07, 6.45) is 7.14. The molecule has 0 unspecified atom stereocenters. The molecule has 12 heavy (non-hydrogen) atoms. The van der Waals surface area contributed by atoms with E-state index in [0.29, 0.717) is 0 Å². The summed E-state index contributed by atoms with van der Waals surface area (Å²) in [7, 11) is 0. The van der Waals surface area contributed by atoms with E-state index in [-0.39, 0.29) is 5.41 Å². The van der Waals surface area contributed by atoms with Crippen LogP contribution in [-0.2, 0) is 0 Å². The van der Waals surface area contributed by atoms with Crippen molar-refractivity contribution in [2.24, 2.45) is 16.1 Å². The Morgan fingerprint density at radius 3 is 2.25 bits per heavy atom. The van der Waals surface area contributed by atoms with Gasteiger partial charge in [0, 0.05) is 6.20 Å². The summed E-state index contributed by atoms with van der Waals surface area (Å²) in [4.78, 5) is 3.90. The molecule has 2 N–H and O–H groups in total. The van der Waals surface area contributed by atoms with Gasteiger partial charge in [-0.3, -0.25) is 0 Å². The smallest absolute Gasteiger partial charge is 0.0852 e. The largest absolute Gasteiger partial charge is 0.390 e. The molecule has 0 aromatic heterocycles. The van der Waals surface area contributed by atoms with Crippen LogP contribution in [0.3, 0.4) is 0 Å². The second-order valence-electron chi connectivity index (χ2n) is 3.63. The quantitative estimate of drug-likeness (QED) is 0.382. The number of nitrogens with zero attached hydrogens (tertiary/aromatic N) is 1. The highest BCUT2D eigenvalue weighted by Crippen LogP contribution is 2.25. The van der Waals surface area contributed by atoms with Gasteiger partial charge in [-0.2, -0.15) is 0 Å². The predicted molar refractivity (Wildman–Crippen MR) is 55.0 cm³/mol. The van der Waals surface area contributed by atoms with Gasteiger partial charge in [0.15, 0.2) is 0 Å². The topological polar surface area (TPSA) is 38.4 Å². The summed E-state index contributed by atoms with van der Waals surface area (Å²) in [5, 5.41) is 0. The highest BCUT2D eigenvalue weighted by molar-refractivity contribution is 5.52. The molecule has 0 bridgehead atoms. The van der Waals surface area contributed by atoms with Gasteiger partial charge in [-0.25, -0.2) is 4.99 Å². The molecule has 0 saturated heterocycles. The molecule has 0 atom stereocenters. The molecule has 0 aromatic carbocycles. The Morgan fingerprint density at radius 2 is 1.92 bits per heavy atom. The summed E-state index contributed by atoms with van der Waals surface area (Å²) in [6, 6.07) is 0. The Kier molecular flexibility index (Phi) is 4.34. The Labute approximate surface area is 74.9 Å². The van der Waals surface area contributed by atoms with Crippen LogP contribution in [-0.4, -0.2) is 6.34 Å². The van der Waals surface area contributed by atoms with E-state index in [1.807, 2.05) is 19.1 Å². The van der Waals surface area contributed by atoms with Crippen LogP contribution in [0.2, 0.25) is 0 Å². The summed E-state index contributed by atoms with van der Waals surface area (Å²) in [6.45, 7) is 8.42. The molecule has 0 saturated carbocycles. The van der Waals surface area contributed by atoms with E-state index in [2.05, 4.69) is 25.8 Å². The monoisotopic (exact) mass is 166 g/mol. The summed E-state index contributed by atoms with van der Waals surface area (Å²) >= 11 is 0. The standard InChI is InChI=1S/C10H18N2/c1-5-6-9(7-12-8-11)10(2,3)4/h5-8H,1-4H3,(H2,11,12)/b6-5-,9-7+. The fourth-order valence-corrected chi connectivity index (χ4v) is 0.790. The van der Waals surface area contributed by atoms with Gasteiger partial charge in [-0.05, 0) is 17.9 Å². The fraction of sp³-hybridized carbons (Fsp3) is 0.500. The van der Waals surface area contributed by atoms with Gasteiger partial charge in [0.05, 0.1) is 6.34 Å². The van der Waals surface area contributed by atoms with Crippen LogP contribution in [0, 0.1) is 5.41 Å². The molecular formula is C10H18N2. The highest BCUT2D eigenvalue weighted by atomic mass is 14.8. The van der Waals surface area contributed by atoms with E-state index in [1.165, 1.54) is 11.9 Å². The molecule has 0 aliphatic rings. The molecule has 0 aromatic rings. The molecule has 68 valence electrons. The van der Waals surface area contributed by atoms with E-state index in [0.717, 1.165) is 0 Å². The molecule has 0 aliphatic heterocycles. The van der Waals surface area contributed by atoms with Crippen LogP contribution in [0.15, 0.2) is 28.9 Å². The van der Waals surface area contributed by atoms with Crippen molar-refractivity contribution in [3.8, 4) is 0 Å². The van der Waals surface area contributed by atoms with Crippen LogP contribution >= 0.6 is 0 Å². The summed E-state index contributed by atoms with van der Waals surface area (Å²) in [5.74, 6) is 0. The van der Waals surface area contributed by atoms with Gasteiger partial charge in [0.25, 0.3) is 0 Å². The Morgan fingerprint density at radius 1 is 1.33 bits per heavy atom. The zero-order chi connectivity index (χ0) is 9.61. The molecule has 0 amide bonds. The van der Waals surface area contributed by atoms with Gasteiger partial charge in [-0.15, -0.1) is 0 Å². The molecule has 0 radical (unpaired) electrons. The number of rotatable bonds is 2. The van der Waals surface area contributed by atoms with Crippen molar-refractivity contribution < 1.29 is 0 Å². The van der Waals surface area contributed by atoms with Crippen molar-refractivity contribution in [2.45, 2.75) is 27.7 Å². The third-order valence-corrected chi connectivity index (χ3v) is 1.51. The normalized spacial score (nSPS) is 14.8. The van der Waals surface area contributed by atoms with E-state index in [9.17, 15) is 0 Å². The number of allylic oxidation sites excluding steroid dienone is 3. The SMILES string of the molecule is C\C=C/C(=C\N=C/N)C(C)(C)C. The summed E-state index contributed by atoms with van der Waals surface area (Å²) < 4.78 is 0. The predicted octanol–water partition coefficient (Wildman–Crippen LogP) is 2.48. The van der Waals surface area contributed by atoms with Crippen LogP contribution in [0.4, 0.5) is 0 Å². The Hall–Kier alpha value is -1.05. The van der Waals surface area contributed by atoms with E-state index in [4.69, 9.17) is 5.73 Å². The average Bonchev–Trinajstić information content (AvgIpc) is 1.95. The molecule has 2 heteroatoms. The first kappa shape index (κ1) is 11.0. The minimum Gasteiger partial charge on any atom is -0.390 e. The number of hydrogen-bond donors (Lipinski definition) is 1. The molecule has 0 heterocycles. The third kappa shape index (κ3) is 3.96. The zero-order valence-corrected chi connectivity index (χ0v) is 8.33. The van der Waals surface area contributed by atoms with Gasteiger partial charge >= 0.3 is 0 Å². The van der Waals surface area contributed by atoms with Gasteiger partial charge in [-0.1, -0.05) is 32.9 Å². The zero-order valence-electron chi connectivity index (χ0n) is 8.33. The minimum absolute atomic E-state index is 0.124. The van der Waals surface area contributed by atoms with Crippen LogP contribution in [0.1, 0.15) is 27.7 Å². The lowest BCUT2D eigenvalue weighted by molar-refractivity contribution is 0.516. The second-order valence-corrected chi connectivity index (χ2v) is 3.63. The molecule has 0 fully saturated rings. The van der Waals surface area contributed by atoms with Crippen molar-refractivity contribution in [2.75, 3.05) is 0 Å². The molecule has 0 aliphatic carbocycles. The second kappa shape index (κ2) is 4.75. The highest BCUT2D eigenvalue weighted by Gasteiger charge is 2.13. The number of nitrogens with two attached hydrogens (primary N) is 1. The van der Waals surface area contributed by atoms with Crippen molar-refractivity contribution in [1.82, 2.24) is 0 Å². The van der Waals surface area contributed by atoms with Crippen molar-refractivity contribution >= 4 is 6.34 Å². The van der Waals surface area contributed by atoms with Crippen molar-refractivity contribution in [3.05, 3.63) is 23.9 Å². The lowest BCUT2D eigenvalue weighted by atomic mass is 9.87. The first-order valence-corrected chi connectivity index (χ1v) is 4.09. The van der Waals surface area contributed by atoms with E-state index in [1.54, 1.807) is 6.20 Å². The van der Waals surface area contributed by atoms with Crippen LogP contribution < -0.4 is 5.73 Å². The fourth-order valence-electron chi connectivity index (χ4n) is 0.790. The lowest BCUT2D eigenvalue weighted by Crippen LogP contribution is -2.07. The average molecular weight is 166 g/mol. The molecule has 2 nitrogen and oxygen atoms in total. The number of hydrogen-bond acceptors (Lipinski definition) is 1. The van der Waals surface area contributed by atoms with Gasteiger partial charge < -0.3 is 5.73 Å². The third-order valence-electron chi connectivity index (χ3n) is 1.51. The van der Waals surface area contributed by atoms with Crippen LogP contribution in [0.25, 0.3) is 0 Å². The van der Waals surface area contributed by atoms with Crippen molar-refractivity contribution in [1.29, 1.82) is 0 Å². The van der Waals surface area contributed by atoms with E-state index < -0.39 is 0 Å². The lowest BCUT2D eigenvalue weighted by Gasteiger charge is -2.19. The minimum atomic E-state index is 0.124. The summed E-state index contributed by atoms with van der Waals surface area (Å²) in [5.41, 5.74) is 6.45. The van der Waals surface area contributed by atoms with Gasteiger partial charge in [0.2, 0.25) is 0 Å². The van der Waals surface area contributed by atoms with Crippen molar-refractivity contribution in [3.63, 3.8) is 0 Å². The molecule has 0 spiro atoms. The maximum Gasteiger partial charge on any atom is 0.0852 e. The first-order chi connectivity index (χ1) is 5.52. The van der Waals surface area contributed by atoms with E-state index >= 15 is 0 Å². The van der Waals surface area contributed by atoms with Crippen LogP contribution in [0.5, 0.6) is 0 Å². The molecular weight excluding hydrogens is 148 g/mol. The molecule has 0 rings (SSSR count). The number of aliphatic imine (C=N–C) groups is 1. The maximum absolute atomic E-state index is 5.16. The Balaban J connectivity index is 4.67.